The Labute approximate surface area is 218 Å². The second kappa shape index (κ2) is 8.11. The van der Waals surface area contributed by atoms with Gasteiger partial charge in [-0.15, -0.1) is 0 Å². The summed E-state index contributed by atoms with van der Waals surface area (Å²) in [4.78, 5) is 43.0. The third-order valence-corrected chi connectivity index (χ3v) is 7.62. The Hall–Kier alpha value is -3.29. The molecule has 0 bridgehead atoms. The van der Waals surface area contributed by atoms with Crippen LogP contribution >= 0.6 is 23.2 Å². The lowest BCUT2D eigenvalue weighted by atomic mass is 9.60. The molecule has 1 spiro atoms. The number of hydrogen-bond donors (Lipinski definition) is 2. The van der Waals surface area contributed by atoms with Crippen LogP contribution in [-0.4, -0.2) is 24.8 Å². The molecule has 5 rings (SSSR count). The second-order valence-corrected chi connectivity index (χ2v) is 11.0. The molecule has 3 aliphatic rings. The Balaban J connectivity index is 1.95. The van der Waals surface area contributed by atoms with Crippen LogP contribution in [0.4, 0.5) is 11.4 Å². The van der Waals surface area contributed by atoms with E-state index in [9.17, 15) is 14.4 Å². The summed E-state index contributed by atoms with van der Waals surface area (Å²) in [6.07, 6.45) is 0.608. The van der Waals surface area contributed by atoms with Crippen LogP contribution in [0.1, 0.15) is 37.8 Å². The summed E-state index contributed by atoms with van der Waals surface area (Å²) in [5.41, 5.74) is 7.53. The minimum Gasteiger partial charge on any atom is -0.466 e. The summed E-state index contributed by atoms with van der Waals surface area (Å²) in [6.45, 7) is 5.84. The minimum absolute atomic E-state index is 0.0279. The number of halogens is 2. The summed E-state index contributed by atoms with van der Waals surface area (Å²) in [5.74, 6) is -1.60. The molecule has 0 radical (unpaired) electrons. The first kappa shape index (κ1) is 24.4. The highest BCUT2D eigenvalue weighted by molar-refractivity contribution is 6.36. The number of carbonyl (C=O) groups is 3. The van der Waals surface area contributed by atoms with Crippen molar-refractivity contribution in [3.8, 4) is 0 Å². The summed E-state index contributed by atoms with van der Waals surface area (Å²) < 4.78 is 5.16. The molecule has 1 unspecified atom stereocenters. The summed E-state index contributed by atoms with van der Waals surface area (Å²) >= 11 is 12.8. The van der Waals surface area contributed by atoms with Crippen molar-refractivity contribution in [3.63, 3.8) is 0 Å². The van der Waals surface area contributed by atoms with Crippen molar-refractivity contribution in [2.45, 2.75) is 39.0 Å². The Morgan fingerprint density at radius 2 is 1.83 bits per heavy atom. The quantitative estimate of drug-likeness (QED) is 0.535. The maximum absolute atomic E-state index is 14.0. The van der Waals surface area contributed by atoms with Gasteiger partial charge in [-0.1, -0.05) is 54.7 Å². The predicted molar refractivity (Wildman–Crippen MR) is 139 cm³/mol. The number of methoxy groups -OCH3 is 1. The highest BCUT2D eigenvalue weighted by atomic mass is 35.5. The molecule has 0 saturated heterocycles. The zero-order valence-corrected chi connectivity index (χ0v) is 21.8. The number of ketones is 1. The van der Waals surface area contributed by atoms with E-state index < -0.39 is 22.7 Å². The molecule has 0 aromatic heterocycles. The van der Waals surface area contributed by atoms with E-state index >= 15 is 0 Å². The number of rotatable bonds is 2. The molecule has 2 aromatic carbocycles. The highest BCUT2D eigenvalue weighted by Crippen LogP contribution is 2.58. The molecule has 0 fully saturated rings. The zero-order valence-electron chi connectivity index (χ0n) is 20.3. The number of allylic oxidation sites excluding steroid dienone is 1. The standard InChI is InChI=1S/C27H25Cl2N3O4/c1-13-5-7-17-15(9-13)27(25(35)31-17)21-19(11-26(2,3)12-20(21)33)32(23(30)22(27)24(34)36-4)18-8-6-14(28)10-16(18)29/h5-10H,11-12,30H2,1-4H3,(H,31,35). The van der Waals surface area contributed by atoms with Crippen LogP contribution in [0.2, 0.25) is 10.0 Å². The molecular formula is C27H25Cl2N3O4. The van der Waals surface area contributed by atoms with Crippen molar-refractivity contribution in [3.05, 3.63) is 80.2 Å². The van der Waals surface area contributed by atoms with Crippen LogP contribution in [0.15, 0.2) is 59.1 Å². The van der Waals surface area contributed by atoms with Crippen LogP contribution in [0, 0.1) is 12.3 Å². The lowest BCUT2D eigenvalue weighted by Gasteiger charge is -2.47. The van der Waals surface area contributed by atoms with Gasteiger partial charge in [0.15, 0.2) is 5.78 Å². The van der Waals surface area contributed by atoms with Crippen LogP contribution < -0.4 is 16.0 Å². The van der Waals surface area contributed by atoms with Gasteiger partial charge in [0, 0.05) is 34.0 Å². The first-order valence-electron chi connectivity index (χ1n) is 11.5. The monoisotopic (exact) mass is 525 g/mol. The molecule has 1 atom stereocenters. The molecule has 9 heteroatoms. The lowest BCUT2D eigenvalue weighted by Crippen LogP contribution is -2.54. The van der Waals surface area contributed by atoms with Crippen LogP contribution in [0.5, 0.6) is 0 Å². The second-order valence-electron chi connectivity index (χ2n) is 10.2. The molecule has 7 nitrogen and oxygen atoms in total. The first-order chi connectivity index (χ1) is 16.9. The van der Waals surface area contributed by atoms with E-state index in [1.807, 2.05) is 32.9 Å². The minimum atomic E-state index is -1.75. The van der Waals surface area contributed by atoms with E-state index in [-0.39, 0.29) is 34.2 Å². The molecule has 3 N–H and O–H groups in total. The van der Waals surface area contributed by atoms with Gasteiger partial charge >= 0.3 is 5.97 Å². The van der Waals surface area contributed by atoms with Gasteiger partial charge in [0.05, 0.1) is 17.8 Å². The average Bonchev–Trinajstić information content (AvgIpc) is 3.05. The van der Waals surface area contributed by atoms with Crippen molar-refractivity contribution in [1.29, 1.82) is 0 Å². The lowest BCUT2D eigenvalue weighted by molar-refractivity contribution is -0.138. The topological polar surface area (TPSA) is 102 Å². The van der Waals surface area contributed by atoms with Gasteiger partial charge in [0.2, 0.25) is 5.91 Å². The number of aryl methyl sites for hydroxylation is 1. The molecule has 2 aromatic rings. The molecule has 186 valence electrons. The van der Waals surface area contributed by atoms with E-state index in [2.05, 4.69) is 5.32 Å². The van der Waals surface area contributed by atoms with Crippen LogP contribution in [0.25, 0.3) is 0 Å². The number of amides is 1. The number of nitrogens with one attached hydrogen (secondary N) is 1. The van der Waals surface area contributed by atoms with Crippen molar-refractivity contribution >= 4 is 52.2 Å². The van der Waals surface area contributed by atoms with Crippen molar-refractivity contribution < 1.29 is 19.1 Å². The number of fused-ring (bicyclic) bond motifs is 3. The van der Waals surface area contributed by atoms with E-state index in [1.54, 1.807) is 29.2 Å². The van der Waals surface area contributed by atoms with Gasteiger partial charge in [-0.05, 0) is 43.0 Å². The van der Waals surface area contributed by atoms with E-state index in [0.29, 0.717) is 34.1 Å². The predicted octanol–water partition coefficient (Wildman–Crippen LogP) is 5.00. The molecule has 1 amide bonds. The Kier molecular flexibility index (Phi) is 5.50. The van der Waals surface area contributed by atoms with Gasteiger partial charge in [0.25, 0.3) is 0 Å². The smallest absolute Gasteiger partial charge is 0.339 e. The number of anilines is 2. The third kappa shape index (κ3) is 3.29. The maximum Gasteiger partial charge on any atom is 0.339 e. The van der Waals surface area contributed by atoms with Crippen molar-refractivity contribution in [2.75, 3.05) is 17.3 Å². The molecule has 2 aliphatic heterocycles. The zero-order chi connectivity index (χ0) is 26.2. The van der Waals surface area contributed by atoms with Gasteiger partial charge < -0.3 is 15.8 Å². The van der Waals surface area contributed by atoms with Crippen molar-refractivity contribution in [1.82, 2.24) is 0 Å². The van der Waals surface area contributed by atoms with Crippen LogP contribution in [-0.2, 0) is 24.5 Å². The molecule has 1 aliphatic carbocycles. The average molecular weight is 526 g/mol. The fourth-order valence-electron chi connectivity index (χ4n) is 5.69. The molecular weight excluding hydrogens is 501 g/mol. The molecule has 0 saturated carbocycles. The number of ether oxygens (including phenoxy) is 1. The number of benzene rings is 2. The largest absolute Gasteiger partial charge is 0.466 e. The number of esters is 1. The Morgan fingerprint density at radius 1 is 1.11 bits per heavy atom. The number of nitrogens with zero attached hydrogens (tertiary/aromatic N) is 1. The SMILES string of the molecule is COC(=O)C1=C(N)N(c2ccc(Cl)cc2Cl)C2=C(C(=O)CC(C)(C)C2)C12C(=O)Nc1ccc(C)cc12. The van der Waals surface area contributed by atoms with E-state index in [1.165, 1.54) is 7.11 Å². The number of Topliss-reactive ketones (excluding diaryl/α,β-unsaturated/α-hetero) is 1. The van der Waals surface area contributed by atoms with Gasteiger partial charge in [-0.2, -0.15) is 0 Å². The summed E-state index contributed by atoms with van der Waals surface area (Å²) in [7, 11) is 1.22. The number of carbonyl (C=O) groups excluding carboxylic acids is 3. The Morgan fingerprint density at radius 3 is 2.50 bits per heavy atom. The normalized spacial score (nSPS) is 22.6. The fourth-order valence-corrected chi connectivity index (χ4v) is 6.18. The van der Waals surface area contributed by atoms with Crippen molar-refractivity contribution in [2.24, 2.45) is 11.1 Å². The first-order valence-corrected chi connectivity index (χ1v) is 12.2. The third-order valence-electron chi connectivity index (χ3n) is 7.08. The van der Waals surface area contributed by atoms with Crippen LogP contribution in [0.3, 0.4) is 0 Å². The van der Waals surface area contributed by atoms with E-state index in [4.69, 9.17) is 33.7 Å². The van der Waals surface area contributed by atoms with Gasteiger partial charge in [-0.25, -0.2) is 4.79 Å². The van der Waals surface area contributed by atoms with Gasteiger partial charge in [-0.3, -0.25) is 14.5 Å². The number of hydrogen-bond acceptors (Lipinski definition) is 6. The van der Waals surface area contributed by atoms with E-state index in [0.717, 1.165) is 5.56 Å². The molecule has 36 heavy (non-hydrogen) atoms. The fraction of sp³-hybridized carbons (Fsp3) is 0.296. The highest BCUT2D eigenvalue weighted by Gasteiger charge is 2.63. The Bertz CT molecular complexity index is 1440. The van der Waals surface area contributed by atoms with Gasteiger partial charge in [0.1, 0.15) is 16.8 Å². The summed E-state index contributed by atoms with van der Waals surface area (Å²) in [6, 6.07) is 10.3. The maximum atomic E-state index is 14.0. The number of nitrogens with two attached hydrogens (primary N) is 1. The molecule has 2 heterocycles. The summed E-state index contributed by atoms with van der Waals surface area (Å²) in [5, 5.41) is 3.57.